The van der Waals surface area contributed by atoms with Crippen molar-refractivity contribution in [2.24, 2.45) is 0 Å². The predicted molar refractivity (Wildman–Crippen MR) is 254 cm³/mol. The fraction of sp³-hybridized carbons (Fsp3) is 0.241. The molecule has 2 aliphatic carbocycles. The van der Waals surface area contributed by atoms with Crippen LogP contribution in [0.3, 0.4) is 0 Å². The van der Waals surface area contributed by atoms with Gasteiger partial charge in [0, 0.05) is 0 Å². The van der Waals surface area contributed by atoms with Crippen LogP contribution in [0, 0.1) is 41.5 Å². The Balaban J connectivity index is 0.00000238. The molecule has 2 atom stereocenters. The summed E-state index contributed by atoms with van der Waals surface area (Å²) in [6.07, 6.45) is 7.69. The fourth-order valence-corrected chi connectivity index (χ4v) is 30.7. The van der Waals surface area contributed by atoms with E-state index in [2.05, 4.69) is 177 Å². The van der Waals surface area contributed by atoms with Gasteiger partial charge in [-0.05, 0) is 0 Å². The molecule has 1 aliphatic heterocycles. The van der Waals surface area contributed by atoms with Gasteiger partial charge in [0.15, 0.2) is 0 Å². The van der Waals surface area contributed by atoms with Crippen LogP contribution in [0.2, 0.25) is 8.26 Å². The summed E-state index contributed by atoms with van der Waals surface area (Å²) in [5.74, 6) is 0. The van der Waals surface area contributed by atoms with Gasteiger partial charge < -0.3 is 24.8 Å². The fourth-order valence-electron chi connectivity index (χ4n) is 12.4. The van der Waals surface area contributed by atoms with E-state index in [1.165, 1.54) is 107 Å². The topological polar surface area (TPSA) is 0 Å². The van der Waals surface area contributed by atoms with Gasteiger partial charge in [0.05, 0.1) is 0 Å². The van der Waals surface area contributed by atoms with Crippen LogP contribution in [0.5, 0.6) is 0 Å². The van der Waals surface area contributed by atoms with E-state index >= 15 is 0 Å². The molecule has 1 fully saturated rings. The second-order valence-electron chi connectivity index (χ2n) is 18.3. The predicted octanol–water partition coefficient (Wildman–Crippen LogP) is 10.9. The van der Waals surface area contributed by atoms with Crippen LogP contribution in [0.15, 0.2) is 120 Å². The maximum atomic E-state index is 2.72. The van der Waals surface area contributed by atoms with Gasteiger partial charge in [-0.15, -0.1) is 0 Å². The first-order chi connectivity index (χ1) is 28.7. The summed E-state index contributed by atoms with van der Waals surface area (Å²) in [7, 11) is 0. The minimum Gasteiger partial charge on any atom is -1.00 e. The summed E-state index contributed by atoms with van der Waals surface area (Å²) in [6.45, 7) is 19.5. The van der Waals surface area contributed by atoms with Crippen LogP contribution in [-0.2, 0) is 20.3 Å². The maximum Gasteiger partial charge on any atom is -1.00 e. The van der Waals surface area contributed by atoms with E-state index < -0.39 is 20.3 Å². The Kier molecular flexibility index (Phi) is 10.7. The first-order valence-electron chi connectivity index (χ1n) is 22.2. The number of allylic oxidation sites excluding steroid dienone is 2. The Bertz CT molecular complexity index is 3000. The van der Waals surface area contributed by atoms with Gasteiger partial charge in [0.1, 0.15) is 0 Å². The Morgan fingerprint density at radius 2 is 0.770 bits per heavy atom. The van der Waals surface area contributed by atoms with Gasteiger partial charge in [0.25, 0.3) is 0 Å². The third-order valence-electron chi connectivity index (χ3n) is 15.8. The zero-order valence-electron chi connectivity index (χ0n) is 36.8. The molecule has 0 N–H and O–H groups in total. The van der Waals surface area contributed by atoms with Crippen molar-refractivity contribution in [3.63, 3.8) is 0 Å². The number of hydrogen-bond acceptors (Lipinski definition) is 0. The van der Waals surface area contributed by atoms with E-state index in [9.17, 15) is 0 Å². The third kappa shape index (κ3) is 5.93. The Morgan fingerprint density at radius 1 is 0.426 bits per heavy atom. The SMILES string of the molecule is CCC1=Cc2c(-c3cc4ccccc4c4ccccc34)c(C)c(C)c(C)c2[CH]1[Zr+2]1([CH]2C(CC)=Cc3c(-c4cc5ccccc5c5ccccc45)c(C)c(C)c(C)c32)[CH2][CH2]1.[Cl-].[Cl-]. The zero-order chi connectivity index (χ0) is 40.5. The molecule has 3 heteroatoms. The molecule has 3 aliphatic rings. The van der Waals surface area contributed by atoms with Crippen molar-refractivity contribution in [1.82, 2.24) is 0 Å². The van der Waals surface area contributed by atoms with Crippen molar-refractivity contribution < 1.29 is 45.1 Å². The largest absolute Gasteiger partial charge is 1.00 e. The van der Waals surface area contributed by atoms with Crippen molar-refractivity contribution >= 4 is 55.2 Å². The van der Waals surface area contributed by atoms with E-state index in [0.29, 0.717) is 7.25 Å². The summed E-state index contributed by atoms with van der Waals surface area (Å²) in [5, 5.41) is 10.8. The van der Waals surface area contributed by atoms with Crippen molar-refractivity contribution in [1.29, 1.82) is 0 Å². The number of hydrogen-bond donors (Lipinski definition) is 0. The number of rotatable bonds is 6. The summed E-state index contributed by atoms with van der Waals surface area (Å²) < 4.78 is 4.15. The quantitative estimate of drug-likeness (QED) is 0.146. The van der Waals surface area contributed by atoms with E-state index in [-0.39, 0.29) is 24.8 Å². The van der Waals surface area contributed by atoms with Crippen molar-refractivity contribution in [2.45, 2.75) is 83.7 Å². The molecule has 2 unspecified atom stereocenters. The standard InChI is InChI=1S/2C28H25.C2H4.2ClH.Zr/c2*1-5-20-14-25-18(3)17(2)19(4)28(26(25)15-20)27-16-21-10-6-7-11-22(21)23-12-8-9-13-24(23)27;1-2;;;/h2*6-16H,5H2,1-4H3;1-2H2;2*1H;/q;;;;;+2/p-2. The molecule has 11 rings (SSSR count). The summed E-state index contributed by atoms with van der Waals surface area (Å²) in [4.78, 5) is 0. The van der Waals surface area contributed by atoms with Crippen LogP contribution in [0.25, 0.3) is 77.5 Å². The van der Waals surface area contributed by atoms with E-state index in [1.807, 2.05) is 0 Å². The van der Waals surface area contributed by atoms with Crippen LogP contribution in [0.1, 0.15) is 89.6 Å². The first kappa shape index (κ1) is 42.1. The summed E-state index contributed by atoms with van der Waals surface area (Å²) in [5.41, 5.74) is 24.7. The van der Waals surface area contributed by atoms with Crippen molar-refractivity contribution in [3.8, 4) is 22.3 Å². The molecule has 1 heterocycles. The minimum absolute atomic E-state index is 0. The Hall–Kier alpha value is -4.26. The second kappa shape index (κ2) is 15.5. The third-order valence-corrected chi connectivity index (χ3v) is 28.7. The molecule has 0 nitrogen and oxygen atoms in total. The molecular weight excluding hydrogens is 859 g/mol. The molecule has 304 valence electrons. The molecular formula is C58H54Cl2Zr. The monoisotopic (exact) mass is 910 g/mol. The molecule has 0 aromatic heterocycles. The smallest absolute Gasteiger partial charge is 1.00 e. The van der Waals surface area contributed by atoms with Crippen LogP contribution in [0.4, 0.5) is 0 Å². The van der Waals surface area contributed by atoms with Gasteiger partial charge in [-0.3, -0.25) is 0 Å². The zero-order valence-corrected chi connectivity index (χ0v) is 40.8. The van der Waals surface area contributed by atoms with Gasteiger partial charge in [0.2, 0.25) is 0 Å². The molecule has 0 amide bonds. The average Bonchev–Trinajstić information content (AvgIpc) is 3.82. The van der Waals surface area contributed by atoms with Gasteiger partial charge in [-0.2, -0.15) is 0 Å². The van der Waals surface area contributed by atoms with Crippen LogP contribution in [-0.4, -0.2) is 0 Å². The molecule has 8 aromatic carbocycles. The van der Waals surface area contributed by atoms with Crippen LogP contribution >= 0.6 is 0 Å². The number of benzene rings is 8. The molecule has 0 radical (unpaired) electrons. The molecule has 0 bridgehead atoms. The summed E-state index contributed by atoms with van der Waals surface area (Å²) >= 11 is -3.07. The van der Waals surface area contributed by atoms with E-state index in [4.69, 9.17) is 0 Å². The molecule has 0 spiro atoms. The van der Waals surface area contributed by atoms with E-state index in [0.717, 1.165) is 12.8 Å². The van der Waals surface area contributed by atoms with Gasteiger partial charge in [-0.25, -0.2) is 0 Å². The second-order valence-corrected chi connectivity index (χ2v) is 29.6. The molecule has 61 heavy (non-hydrogen) atoms. The van der Waals surface area contributed by atoms with E-state index in [1.54, 1.807) is 33.4 Å². The first-order valence-corrected chi connectivity index (χ1v) is 28.5. The summed E-state index contributed by atoms with van der Waals surface area (Å²) in [6, 6.07) is 41.3. The minimum atomic E-state index is -3.07. The Morgan fingerprint density at radius 3 is 1.13 bits per heavy atom. The molecule has 8 aromatic rings. The normalized spacial score (nSPS) is 16.7. The van der Waals surface area contributed by atoms with Gasteiger partial charge in [-0.1, -0.05) is 0 Å². The Labute approximate surface area is 379 Å². The molecule has 1 saturated heterocycles. The van der Waals surface area contributed by atoms with Crippen LogP contribution < -0.4 is 24.8 Å². The number of fused-ring (bicyclic) bond motifs is 8. The van der Waals surface area contributed by atoms with Crippen molar-refractivity contribution in [2.75, 3.05) is 0 Å². The molecule has 0 saturated carbocycles. The maximum absolute atomic E-state index is 3.07. The van der Waals surface area contributed by atoms with Gasteiger partial charge >= 0.3 is 357 Å². The van der Waals surface area contributed by atoms with Crippen molar-refractivity contribution in [3.05, 3.63) is 176 Å². The average molecular weight is 913 g/mol. The number of halogens is 2.